The zero-order valence-corrected chi connectivity index (χ0v) is 12.6. The molecule has 2 unspecified atom stereocenters. The molecule has 1 rings (SSSR count). The van der Waals surface area contributed by atoms with Crippen LogP contribution in [0.1, 0.15) is 38.7 Å². The Kier molecular flexibility index (Phi) is 7.21. The van der Waals surface area contributed by atoms with Crippen molar-refractivity contribution < 1.29 is 4.21 Å². The van der Waals surface area contributed by atoms with E-state index in [2.05, 4.69) is 19.2 Å². The molecule has 0 bridgehead atoms. The summed E-state index contributed by atoms with van der Waals surface area (Å²) >= 11 is 0. The van der Waals surface area contributed by atoms with Gasteiger partial charge in [0.15, 0.2) is 0 Å². The molecule has 1 aromatic carbocycles. The van der Waals surface area contributed by atoms with Crippen LogP contribution in [0, 0.1) is 6.92 Å². The molecule has 0 heterocycles. The molecular weight excluding hydrogens is 242 g/mol. The van der Waals surface area contributed by atoms with Crippen molar-refractivity contribution in [3.05, 3.63) is 29.8 Å². The summed E-state index contributed by atoms with van der Waals surface area (Å²) in [5.41, 5.74) is 1.18. The number of hydrogen-bond acceptors (Lipinski definition) is 2. The predicted octanol–water partition coefficient (Wildman–Crippen LogP) is 3.27. The molecule has 3 heteroatoms. The number of aryl methyl sites for hydroxylation is 1. The molecule has 0 radical (unpaired) electrons. The summed E-state index contributed by atoms with van der Waals surface area (Å²) in [7, 11) is -0.844. The Morgan fingerprint density at radius 3 is 2.83 bits per heavy atom. The second kappa shape index (κ2) is 8.44. The van der Waals surface area contributed by atoms with E-state index >= 15 is 0 Å². The van der Waals surface area contributed by atoms with Crippen LogP contribution in [0.5, 0.6) is 0 Å². The van der Waals surface area contributed by atoms with Crippen molar-refractivity contribution in [2.75, 3.05) is 12.3 Å². The van der Waals surface area contributed by atoms with Gasteiger partial charge in [-0.3, -0.25) is 4.21 Å². The van der Waals surface area contributed by atoms with Gasteiger partial charge in [0.1, 0.15) is 0 Å². The van der Waals surface area contributed by atoms with Crippen LogP contribution in [-0.4, -0.2) is 22.5 Å². The predicted molar refractivity (Wildman–Crippen MR) is 79.4 cm³/mol. The van der Waals surface area contributed by atoms with Gasteiger partial charge in [-0.1, -0.05) is 19.1 Å². The van der Waals surface area contributed by atoms with E-state index < -0.39 is 10.8 Å². The van der Waals surface area contributed by atoms with Crippen LogP contribution in [0.25, 0.3) is 0 Å². The van der Waals surface area contributed by atoms with Gasteiger partial charge in [0.2, 0.25) is 0 Å². The van der Waals surface area contributed by atoms with Crippen molar-refractivity contribution in [3.63, 3.8) is 0 Å². The van der Waals surface area contributed by atoms with E-state index in [4.69, 9.17) is 0 Å². The monoisotopic (exact) mass is 267 g/mol. The smallest absolute Gasteiger partial charge is 0.0529 e. The molecule has 0 spiro atoms. The minimum Gasteiger partial charge on any atom is -0.314 e. The first-order chi connectivity index (χ1) is 8.63. The highest BCUT2D eigenvalue weighted by Crippen LogP contribution is 2.11. The highest BCUT2D eigenvalue weighted by molar-refractivity contribution is 7.85. The van der Waals surface area contributed by atoms with Crippen LogP contribution in [0.2, 0.25) is 0 Å². The molecule has 0 fully saturated rings. The van der Waals surface area contributed by atoms with Gasteiger partial charge in [0.05, 0.1) is 10.8 Å². The highest BCUT2D eigenvalue weighted by Gasteiger charge is 2.05. The molecule has 0 saturated carbocycles. The molecule has 0 saturated heterocycles. The van der Waals surface area contributed by atoms with Gasteiger partial charge in [-0.25, -0.2) is 0 Å². The minimum absolute atomic E-state index is 0.527. The third kappa shape index (κ3) is 5.78. The van der Waals surface area contributed by atoms with Crippen molar-refractivity contribution >= 4 is 10.8 Å². The van der Waals surface area contributed by atoms with Gasteiger partial charge in [-0.2, -0.15) is 0 Å². The van der Waals surface area contributed by atoms with E-state index in [1.807, 2.05) is 31.2 Å². The van der Waals surface area contributed by atoms with Crippen molar-refractivity contribution in [1.29, 1.82) is 0 Å². The summed E-state index contributed by atoms with van der Waals surface area (Å²) in [6.45, 7) is 7.48. The zero-order chi connectivity index (χ0) is 13.4. The maximum absolute atomic E-state index is 12.1. The first kappa shape index (κ1) is 15.4. The lowest BCUT2D eigenvalue weighted by Crippen LogP contribution is -2.26. The molecule has 2 atom stereocenters. The lowest BCUT2D eigenvalue weighted by molar-refractivity contribution is 0.509. The first-order valence-corrected chi connectivity index (χ1v) is 8.13. The summed E-state index contributed by atoms with van der Waals surface area (Å²) in [5.74, 6) is 0.765. The SMILES string of the molecule is CCCNC(C)CCCS(=O)c1cccc(C)c1. The fourth-order valence-corrected chi connectivity index (χ4v) is 3.10. The molecule has 0 aliphatic heterocycles. The lowest BCUT2D eigenvalue weighted by Gasteiger charge is -2.12. The maximum atomic E-state index is 12.1. The molecule has 2 nitrogen and oxygen atoms in total. The maximum Gasteiger partial charge on any atom is 0.0529 e. The van der Waals surface area contributed by atoms with Crippen molar-refractivity contribution in [2.24, 2.45) is 0 Å². The van der Waals surface area contributed by atoms with Gasteiger partial charge in [-0.15, -0.1) is 0 Å². The van der Waals surface area contributed by atoms with Crippen molar-refractivity contribution in [3.8, 4) is 0 Å². The minimum atomic E-state index is -0.844. The topological polar surface area (TPSA) is 29.1 Å². The van der Waals surface area contributed by atoms with Crippen molar-refractivity contribution in [2.45, 2.75) is 51.0 Å². The number of hydrogen-bond donors (Lipinski definition) is 1. The van der Waals surface area contributed by atoms with Crippen molar-refractivity contribution in [1.82, 2.24) is 5.32 Å². The number of benzene rings is 1. The Bertz CT molecular complexity index is 379. The standard InChI is InChI=1S/C15H25NOS/c1-4-10-16-14(3)8-6-11-18(17)15-9-5-7-13(2)12-15/h5,7,9,12,14,16H,4,6,8,10-11H2,1-3H3. The second-order valence-electron chi connectivity index (χ2n) is 4.86. The summed E-state index contributed by atoms with van der Waals surface area (Å²) < 4.78 is 12.1. The average molecular weight is 267 g/mol. The summed E-state index contributed by atoms with van der Waals surface area (Å²) in [5, 5.41) is 3.46. The molecule has 1 N–H and O–H groups in total. The molecular formula is C15H25NOS. The molecule has 0 aliphatic carbocycles. The largest absolute Gasteiger partial charge is 0.314 e. The molecule has 1 aromatic rings. The Morgan fingerprint density at radius 2 is 2.17 bits per heavy atom. The lowest BCUT2D eigenvalue weighted by atomic mass is 10.2. The fourth-order valence-electron chi connectivity index (χ4n) is 1.89. The van der Waals surface area contributed by atoms with Gasteiger partial charge < -0.3 is 5.32 Å². The van der Waals surface area contributed by atoms with Crippen LogP contribution in [0.15, 0.2) is 29.2 Å². The van der Waals surface area contributed by atoms with E-state index in [-0.39, 0.29) is 0 Å². The van der Waals surface area contributed by atoms with Gasteiger partial charge >= 0.3 is 0 Å². The van der Waals surface area contributed by atoms with Gasteiger partial charge in [0.25, 0.3) is 0 Å². The number of rotatable bonds is 8. The summed E-state index contributed by atoms with van der Waals surface area (Å²) in [6, 6.07) is 8.53. The molecule has 0 amide bonds. The van der Waals surface area contributed by atoms with Crippen LogP contribution in [0.4, 0.5) is 0 Å². The van der Waals surface area contributed by atoms with Crippen LogP contribution in [0.3, 0.4) is 0 Å². The van der Waals surface area contributed by atoms with E-state index in [9.17, 15) is 4.21 Å². The molecule has 0 aromatic heterocycles. The Labute approximate surface area is 114 Å². The second-order valence-corrected chi connectivity index (χ2v) is 6.43. The van der Waals surface area contributed by atoms with Crippen LogP contribution < -0.4 is 5.32 Å². The normalized spacial score (nSPS) is 14.4. The Morgan fingerprint density at radius 1 is 1.39 bits per heavy atom. The number of nitrogens with one attached hydrogen (secondary N) is 1. The Balaban J connectivity index is 2.29. The van der Waals surface area contributed by atoms with E-state index in [1.165, 1.54) is 12.0 Å². The molecule has 0 aliphatic rings. The fraction of sp³-hybridized carbons (Fsp3) is 0.600. The van der Waals surface area contributed by atoms with Crippen LogP contribution in [-0.2, 0) is 10.8 Å². The molecule has 102 valence electrons. The van der Waals surface area contributed by atoms with E-state index in [0.717, 1.165) is 30.0 Å². The average Bonchev–Trinajstić information content (AvgIpc) is 2.36. The van der Waals surface area contributed by atoms with Crippen LogP contribution >= 0.6 is 0 Å². The Hall–Kier alpha value is -0.670. The third-order valence-electron chi connectivity index (χ3n) is 2.96. The quantitative estimate of drug-likeness (QED) is 0.783. The first-order valence-electron chi connectivity index (χ1n) is 6.82. The highest BCUT2D eigenvalue weighted by atomic mass is 32.2. The zero-order valence-electron chi connectivity index (χ0n) is 11.7. The van der Waals surface area contributed by atoms with E-state index in [1.54, 1.807) is 0 Å². The van der Waals surface area contributed by atoms with E-state index in [0.29, 0.717) is 6.04 Å². The third-order valence-corrected chi connectivity index (χ3v) is 4.40. The summed E-state index contributed by atoms with van der Waals surface area (Å²) in [4.78, 5) is 0.962. The summed E-state index contributed by atoms with van der Waals surface area (Å²) in [6.07, 6.45) is 3.27. The van der Waals surface area contributed by atoms with Gasteiger partial charge in [0, 0.05) is 16.7 Å². The molecule has 18 heavy (non-hydrogen) atoms. The van der Waals surface area contributed by atoms with Gasteiger partial charge in [-0.05, 0) is 57.4 Å².